The van der Waals surface area contributed by atoms with E-state index in [1.807, 2.05) is 6.07 Å². The molecule has 0 spiro atoms. The van der Waals surface area contributed by atoms with Crippen molar-refractivity contribution < 1.29 is 10.0 Å². The Labute approximate surface area is 286 Å². The number of benzene rings is 8. The Balaban J connectivity index is 1.21. The van der Waals surface area contributed by atoms with Crippen molar-refractivity contribution in [3.63, 3.8) is 0 Å². The number of hydrogen-bond donors (Lipinski definition) is 2. The highest BCUT2D eigenvalue weighted by Gasteiger charge is 2.37. The van der Waals surface area contributed by atoms with Crippen molar-refractivity contribution in [3.05, 3.63) is 150 Å². The minimum Gasteiger partial charge on any atom is -0.423 e. The molecule has 3 heteroatoms. The molecule has 8 aromatic carbocycles. The molecule has 8 aromatic rings. The molecule has 2 N–H and O–H groups in total. The molecule has 0 atom stereocenters. The van der Waals surface area contributed by atoms with E-state index in [2.05, 4.69) is 149 Å². The summed E-state index contributed by atoms with van der Waals surface area (Å²) in [7, 11) is -1.60. The Morgan fingerprint density at radius 1 is 0.408 bits per heavy atom. The van der Waals surface area contributed by atoms with Gasteiger partial charge in [0.15, 0.2) is 0 Å². The lowest BCUT2D eigenvalue weighted by atomic mass is 9.73. The van der Waals surface area contributed by atoms with Crippen molar-refractivity contribution in [1.82, 2.24) is 0 Å². The molecule has 49 heavy (non-hydrogen) atoms. The Bertz CT molecular complexity index is 2700. The van der Waals surface area contributed by atoms with Crippen LogP contribution in [-0.4, -0.2) is 17.2 Å². The zero-order chi connectivity index (χ0) is 33.4. The minimum atomic E-state index is -1.60. The monoisotopic (exact) mass is 630 g/mol. The second-order valence-electron chi connectivity index (χ2n) is 15.1. The zero-order valence-electron chi connectivity index (χ0n) is 28.1. The molecule has 0 unspecified atom stereocenters. The van der Waals surface area contributed by atoms with Gasteiger partial charge in [0.25, 0.3) is 0 Å². The van der Waals surface area contributed by atoms with Crippen LogP contribution < -0.4 is 5.46 Å². The SMILES string of the molecule is CC1(C)c2ccccc2-c2ccc(-c3ccc4ccc5c(-c6ccc7c(c6)C(C)(C)c6ccccc6-7)cc(B(O)O)c6ccc3c4c65)cc21. The third-order valence-electron chi connectivity index (χ3n) is 11.9. The number of fused-ring (bicyclic) bond motifs is 6. The lowest BCUT2D eigenvalue weighted by molar-refractivity contribution is 0.426. The summed E-state index contributed by atoms with van der Waals surface area (Å²) in [5.74, 6) is 0. The molecule has 2 nitrogen and oxygen atoms in total. The Morgan fingerprint density at radius 2 is 0.878 bits per heavy atom. The van der Waals surface area contributed by atoms with Crippen molar-refractivity contribution in [3.8, 4) is 44.5 Å². The molecule has 0 saturated carbocycles. The molecule has 234 valence electrons. The predicted molar refractivity (Wildman–Crippen MR) is 206 cm³/mol. The van der Waals surface area contributed by atoms with Crippen LogP contribution in [0, 0.1) is 0 Å². The van der Waals surface area contributed by atoms with Gasteiger partial charge in [-0.2, -0.15) is 0 Å². The maximum absolute atomic E-state index is 10.8. The van der Waals surface area contributed by atoms with Crippen LogP contribution in [0.25, 0.3) is 76.8 Å². The topological polar surface area (TPSA) is 40.5 Å². The summed E-state index contributed by atoms with van der Waals surface area (Å²) in [4.78, 5) is 0. The highest BCUT2D eigenvalue weighted by Crippen LogP contribution is 2.52. The highest BCUT2D eigenvalue weighted by molar-refractivity contribution is 6.63. The number of hydrogen-bond acceptors (Lipinski definition) is 2. The molecule has 0 amide bonds. The van der Waals surface area contributed by atoms with Gasteiger partial charge >= 0.3 is 7.12 Å². The first-order valence-corrected chi connectivity index (χ1v) is 17.2. The van der Waals surface area contributed by atoms with Gasteiger partial charge in [0.05, 0.1) is 0 Å². The highest BCUT2D eigenvalue weighted by atomic mass is 16.4. The van der Waals surface area contributed by atoms with Gasteiger partial charge in [-0.05, 0) is 117 Å². The summed E-state index contributed by atoms with van der Waals surface area (Å²) in [6, 6.07) is 46.4. The summed E-state index contributed by atoms with van der Waals surface area (Å²) in [6.07, 6.45) is 0. The molecule has 0 heterocycles. The van der Waals surface area contributed by atoms with E-state index in [0.717, 1.165) is 38.1 Å². The Morgan fingerprint density at radius 3 is 1.49 bits per heavy atom. The lowest BCUT2D eigenvalue weighted by Gasteiger charge is -2.23. The Hall–Kier alpha value is -5.22. The summed E-state index contributed by atoms with van der Waals surface area (Å²) >= 11 is 0. The first kappa shape index (κ1) is 28.8. The number of rotatable bonds is 3. The first-order chi connectivity index (χ1) is 23.6. The van der Waals surface area contributed by atoms with Crippen molar-refractivity contribution in [2.75, 3.05) is 0 Å². The molecule has 2 aliphatic carbocycles. The van der Waals surface area contributed by atoms with Crippen molar-refractivity contribution >= 4 is 44.9 Å². The first-order valence-electron chi connectivity index (χ1n) is 17.2. The van der Waals surface area contributed by atoms with Crippen LogP contribution in [0.5, 0.6) is 0 Å². The third-order valence-corrected chi connectivity index (χ3v) is 11.9. The average Bonchev–Trinajstić information content (AvgIpc) is 3.49. The van der Waals surface area contributed by atoms with E-state index in [1.165, 1.54) is 61.0 Å². The second kappa shape index (κ2) is 9.69. The summed E-state index contributed by atoms with van der Waals surface area (Å²) in [5, 5.41) is 28.1. The van der Waals surface area contributed by atoms with Gasteiger partial charge in [0.1, 0.15) is 0 Å². The fourth-order valence-corrected chi connectivity index (χ4v) is 9.37. The van der Waals surface area contributed by atoms with Crippen LogP contribution in [0.1, 0.15) is 49.9 Å². The van der Waals surface area contributed by atoms with Gasteiger partial charge in [0.2, 0.25) is 0 Å². The van der Waals surface area contributed by atoms with Gasteiger partial charge in [-0.25, -0.2) is 0 Å². The normalized spacial score (nSPS) is 15.1. The molecule has 0 aliphatic heterocycles. The molecule has 0 radical (unpaired) electrons. The van der Waals surface area contributed by atoms with Crippen LogP contribution >= 0.6 is 0 Å². The third kappa shape index (κ3) is 3.75. The van der Waals surface area contributed by atoms with Gasteiger partial charge in [-0.15, -0.1) is 0 Å². The molecule has 0 saturated heterocycles. The van der Waals surface area contributed by atoms with Crippen LogP contribution in [0.4, 0.5) is 0 Å². The molecule has 0 bridgehead atoms. The Kier molecular flexibility index (Phi) is 5.69. The fourth-order valence-electron chi connectivity index (χ4n) is 9.37. The molecule has 0 fully saturated rings. The molecule has 0 aromatic heterocycles. The summed E-state index contributed by atoms with van der Waals surface area (Å²) < 4.78 is 0. The van der Waals surface area contributed by atoms with E-state index in [-0.39, 0.29) is 10.8 Å². The predicted octanol–water partition coefficient (Wildman–Crippen LogP) is 10.2. The quantitative estimate of drug-likeness (QED) is 0.151. The van der Waals surface area contributed by atoms with Crippen LogP contribution in [0.2, 0.25) is 0 Å². The standard InChI is InChI=1S/C46H35BO2/c1-45(2)38-11-7-5-9-30(38)32-18-15-27(23-40(32)45)29-17-13-26-14-20-35-37(25-42(47(48)49)36-22-21-34(29)43(26)44(35)36)28-16-19-33-31-10-6-8-12-39(31)46(3,4)41(33)24-28/h5-25,48-49H,1-4H3. The fraction of sp³-hybridized carbons (Fsp3) is 0.130. The second-order valence-corrected chi connectivity index (χ2v) is 15.1. The molecular formula is C46H35BO2. The maximum atomic E-state index is 10.8. The van der Waals surface area contributed by atoms with E-state index in [0.29, 0.717) is 5.46 Å². The van der Waals surface area contributed by atoms with Gasteiger partial charge in [-0.1, -0.05) is 143 Å². The smallest absolute Gasteiger partial charge is 0.423 e. The lowest BCUT2D eigenvalue weighted by Crippen LogP contribution is -2.30. The summed E-state index contributed by atoms with van der Waals surface area (Å²) in [6.45, 7) is 9.25. The van der Waals surface area contributed by atoms with E-state index >= 15 is 0 Å². The van der Waals surface area contributed by atoms with Gasteiger partial charge in [-0.3, -0.25) is 0 Å². The van der Waals surface area contributed by atoms with Crippen molar-refractivity contribution in [2.24, 2.45) is 0 Å². The van der Waals surface area contributed by atoms with Crippen molar-refractivity contribution in [1.29, 1.82) is 0 Å². The molecule has 2 aliphatic rings. The molecule has 10 rings (SSSR count). The van der Waals surface area contributed by atoms with E-state index in [4.69, 9.17) is 0 Å². The van der Waals surface area contributed by atoms with Crippen LogP contribution in [0.3, 0.4) is 0 Å². The average molecular weight is 631 g/mol. The van der Waals surface area contributed by atoms with Crippen molar-refractivity contribution in [2.45, 2.75) is 38.5 Å². The van der Waals surface area contributed by atoms with Gasteiger partial charge < -0.3 is 10.0 Å². The largest absolute Gasteiger partial charge is 0.489 e. The minimum absolute atomic E-state index is 0.0847. The van der Waals surface area contributed by atoms with Crippen LogP contribution in [0.15, 0.2) is 127 Å². The van der Waals surface area contributed by atoms with E-state index in [9.17, 15) is 10.0 Å². The van der Waals surface area contributed by atoms with E-state index < -0.39 is 7.12 Å². The zero-order valence-corrected chi connectivity index (χ0v) is 28.1. The van der Waals surface area contributed by atoms with Gasteiger partial charge in [0, 0.05) is 10.8 Å². The summed E-state index contributed by atoms with van der Waals surface area (Å²) in [5.41, 5.74) is 15.4. The molecular weight excluding hydrogens is 595 g/mol. The maximum Gasteiger partial charge on any atom is 0.489 e. The van der Waals surface area contributed by atoms with Crippen LogP contribution in [-0.2, 0) is 10.8 Å². The van der Waals surface area contributed by atoms with E-state index in [1.54, 1.807) is 0 Å².